The van der Waals surface area contributed by atoms with Crippen molar-refractivity contribution < 1.29 is 18.0 Å². The van der Waals surface area contributed by atoms with E-state index >= 15 is 0 Å². The van der Waals surface area contributed by atoms with Crippen LogP contribution in [-0.2, 0) is 14.6 Å². The number of aryl methyl sites for hydroxylation is 1. The summed E-state index contributed by atoms with van der Waals surface area (Å²) in [5.41, 5.74) is 4.06. The third-order valence-corrected chi connectivity index (χ3v) is 8.91. The molecule has 0 unspecified atom stereocenters. The Hall–Kier alpha value is -3.27. The Morgan fingerprint density at radius 3 is 2.54 bits per heavy atom. The first-order valence-electron chi connectivity index (χ1n) is 12.1. The molecule has 6 rings (SSSR count). The van der Waals surface area contributed by atoms with E-state index in [1.165, 1.54) is 0 Å². The fourth-order valence-electron chi connectivity index (χ4n) is 5.17. The van der Waals surface area contributed by atoms with Crippen LogP contribution in [0.1, 0.15) is 65.8 Å². The Labute approximate surface area is 203 Å². The monoisotopic (exact) mass is 493 g/mol. The molecule has 9 nitrogen and oxygen atoms in total. The van der Waals surface area contributed by atoms with E-state index in [-0.39, 0.29) is 29.4 Å². The standard InChI is InChI=1S/C25H27N5O4S/c1-15-23-20(25(32)26-17-6-8-18(9-7-17)29-11-2-3-22(29)31)13-21(16-4-5-16)27-24(23)30(28-15)19-10-12-35(33,34)14-19/h6-9,13,16,19H,2-5,10-12,14H2,1H3,(H,26,32)/t19-/m1/s1. The first kappa shape index (κ1) is 22.2. The van der Waals surface area contributed by atoms with Crippen LogP contribution in [-0.4, -0.2) is 53.0 Å². The number of rotatable bonds is 5. The average Bonchev–Trinajstić information content (AvgIpc) is 3.38. The number of aromatic nitrogens is 3. The number of fused-ring (bicyclic) bond motifs is 1. The molecule has 3 aromatic rings. The average molecular weight is 494 g/mol. The number of hydrogen-bond donors (Lipinski definition) is 1. The van der Waals surface area contributed by atoms with Crippen LogP contribution in [0.15, 0.2) is 30.3 Å². The highest BCUT2D eigenvalue weighted by molar-refractivity contribution is 7.91. The Morgan fingerprint density at radius 1 is 1.14 bits per heavy atom. The number of sulfone groups is 1. The molecule has 10 heteroatoms. The van der Waals surface area contributed by atoms with Gasteiger partial charge in [0.05, 0.1) is 34.2 Å². The number of hydrogen-bond acceptors (Lipinski definition) is 6. The molecule has 1 atom stereocenters. The largest absolute Gasteiger partial charge is 0.322 e. The zero-order valence-corrected chi connectivity index (χ0v) is 20.3. The Bertz CT molecular complexity index is 1460. The molecule has 2 aromatic heterocycles. The molecule has 1 aliphatic carbocycles. The van der Waals surface area contributed by atoms with Gasteiger partial charge in [-0.2, -0.15) is 5.10 Å². The van der Waals surface area contributed by atoms with Crippen LogP contribution in [0, 0.1) is 6.92 Å². The third-order valence-electron chi connectivity index (χ3n) is 7.16. The lowest BCUT2D eigenvalue weighted by atomic mass is 10.1. The lowest BCUT2D eigenvalue weighted by Gasteiger charge is -2.16. The Kier molecular flexibility index (Phi) is 5.17. The minimum atomic E-state index is -3.09. The summed E-state index contributed by atoms with van der Waals surface area (Å²) in [6.45, 7) is 2.55. The normalized spacial score (nSPS) is 21.7. The van der Waals surface area contributed by atoms with E-state index in [0.29, 0.717) is 46.7 Å². The maximum absolute atomic E-state index is 13.5. The fraction of sp³-hybridized carbons (Fsp3) is 0.440. The molecule has 0 bridgehead atoms. The van der Waals surface area contributed by atoms with Gasteiger partial charge in [0.2, 0.25) is 5.91 Å². The van der Waals surface area contributed by atoms with Gasteiger partial charge in [-0.25, -0.2) is 18.1 Å². The van der Waals surface area contributed by atoms with E-state index in [0.717, 1.165) is 37.2 Å². The second kappa shape index (κ2) is 8.15. The van der Waals surface area contributed by atoms with Crippen molar-refractivity contribution in [2.45, 2.75) is 51.0 Å². The smallest absolute Gasteiger partial charge is 0.256 e. The summed E-state index contributed by atoms with van der Waals surface area (Å²) in [6.07, 6.45) is 3.99. The van der Waals surface area contributed by atoms with Crippen LogP contribution < -0.4 is 10.2 Å². The van der Waals surface area contributed by atoms with Crippen LogP contribution in [0.3, 0.4) is 0 Å². The van der Waals surface area contributed by atoms with E-state index in [1.807, 2.05) is 25.1 Å². The second-order valence-electron chi connectivity index (χ2n) is 9.80. The van der Waals surface area contributed by atoms with Gasteiger partial charge in [-0.1, -0.05) is 0 Å². The van der Waals surface area contributed by atoms with E-state index in [4.69, 9.17) is 4.98 Å². The summed E-state index contributed by atoms with van der Waals surface area (Å²) in [4.78, 5) is 32.1. The van der Waals surface area contributed by atoms with Crippen LogP contribution in [0.25, 0.3) is 11.0 Å². The molecule has 1 saturated carbocycles. The highest BCUT2D eigenvalue weighted by atomic mass is 32.2. The fourth-order valence-corrected chi connectivity index (χ4v) is 6.86. The van der Waals surface area contributed by atoms with Crippen molar-refractivity contribution in [2.75, 3.05) is 28.3 Å². The van der Waals surface area contributed by atoms with Crippen LogP contribution in [0.4, 0.5) is 11.4 Å². The summed E-state index contributed by atoms with van der Waals surface area (Å²) in [7, 11) is -3.09. The molecule has 35 heavy (non-hydrogen) atoms. The number of carbonyl (C=O) groups excluding carboxylic acids is 2. The molecular weight excluding hydrogens is 466 g/mol. The molecule has 1 aromatic carbocycles. The van der Waals surface area contributed by atoms with Crippen LogP contribution in [0.2, 0.25) is 0 Å². The summed E-state index contributed by atoms with van der Waals surface area (Å²) >= 11 is 0. The van der Waals surface area contributed by atoms with Gasteiger partial charge in [0.15, 0.2) is 15.5 Å². The Morgan fingerprint density at radius 2 is 1.91 bits per heavy atom. The molecule has 2 amide bonds. The summed E-state index contributed by atoms with van der Waals surface area (Å²) < 4.78 is 25.9. The van der Waals surface area contributed by atoms with Gasteiger partial charge < -0.3 is 10.2 Å². The van der Waals surface area contributed by atoms with Gasteiger partial charge in [0, 0.05) is 36.0 Å². The van der Waals surface area contributed by atoms with Crippen LogP contribution >= 0.6 is 0 Å². The number of nitrogens with zero attached hydrogens (tertiary/aromatic N) is 4. The maximum Gasteiger partial charge on any atom is 0.256 e. The number of nitrogens with one attached hydrogen (secondary N) is 1. The van der Waals surface area contributed by atoms with Gasteiger partial charge in [-0.15, -0.1) is 0 Å². The molecule has 0 spiro atoms. The SMILES string of the molecule is Cc1nn([C@@H]2CCS(=O)(=O)C2)c2nc(C3CC3)cc(C(=O)Nc3ccc(N4CCCC4=O)cc3)c12. The van der Waals surface area contributed by atoms with Gasteiger partial charge in [0.25, 0.3) is 5.91 Å². The van der Waals surface area contributed by atoms with E-state index in [1.54, 1.807) is 21.7 Å². The zero-order valence-electron chi connectivity index (χ0n) is 19.5. The first-order valence-corrected chi connectivity index (χ1v) is 13.9. The lowest BCUT2D eigenvalue weighted by molar-refractivity contribution is -0.117. The van der Waals surface area contributed by atoms with E-state index < -0.39 is 9.84 Å². The van der Waals surface area contributed by atoms with Crippen molar-refractivity contribution in [1.29, 1.82) is 0 Å². The van der Waals surface area contributed by atoms with Crippen molar-refractivity contribution in [1.82, 2.24) is 14.8 Å². The third kappa shape index (κ3) is 4.09. The number of pyridine rings is 1. The highest BCUT2D eigenvalue weighted by Gasteiger charge is 2.34. The molecule has 4 heterocycles. The van der Waals surface area contributed by atoms with Crippen molar-refractivity contribution in [3.05, 3.63) is 47.3 Å². The topological polar surface area (TPSA) is 114 Å². The van der Waals surface area contributed by atoms with Gasteiger partial charge >= 0.3 is 0 Å². The van der Waals surface area contributed by atoms with Crippen molar-refractivity contribution in [2.24, 2.45) is 0 Å². The quantitative estimate of drug-likeness (QED) is 0.583. The van der Waals surface area contributed by atoms with Gasteiger partial charge in [-0.05, 0) is 62.9 Å². The van der Waals surface area contributed by atoms with Crippen molar-refractivity contribution in [3.8, 4) is 0 Å². The molecule has 2 saturated heterocycles. The predicted octanol–water partition coefficient (Wildman–Crippen LogP) is 3.36. The molecule has 0 radical (unpaired) electrons. The molecular formula is C25H27N5O4S. The highest BCUT2D eigenvalue weighted by Crippen LogP contribution is 2.41. The number of carbonyl (C=O) groups is 2. The minimum absolute atomic E-state index is 0.0476. The van der Waals surface area contributed by atoms with Crippen LogP contribution in [0.5, 0.6) is 0 Å². The van der Waals surface area contributed by atoms with Crippen molar-refractivity contribution >= 4 is 44.1 Å². The number of amides is 2. The van der Waals surface area contributed by atoms with Crippen molar-refractivity contribution in [3.63, 3.8) is 0 Å². The number of benzene rings is 1. The summed E-state index contributed by atoms with van der Waals surface area (Å²) in [5.74, 6) is 0.375. The molecule has 3 aliphatic rings. The minimum Gasteiger partial charge on any atom is -0.322 e. The second-order valence-corrected chi connectivity index (χ2v) is 12.0. The van der Waals surface area contributed by atoms with E-state index in [2.05, 4.69) is 10.4 Å². The molecule has 182 valence electrons. The summed E-state index contributed by atoms with van der Waals surface area (Å²) in [6, 6.07) is 8.89. The molecule has 1 N–H and O–H groups in total. The summed E-state index contributed by atoms with van der Waals surface area (Å²) in [5, 5.41) is 8.29. The van der Waals surface area contributed by atoms with Gasteiger partial charge in [-0.3, -0.25) is 9.59 Å². The van der Waals surface area contributed by atoms with Gasteiger partial charge in [0.1, 0.15) is 0 Å². The predicted molar refractivity (Wildman–Crippen MR) is 133 cm³/mol. The lowest BCUT2D eigenvalue weighted by Crippen LogP contribution is -2.23. The first-order chi connectivity index (χ1) is 16.8. The molecule has 3 fully saturated rings. The molecule has 2 aliphatic heterocycles. The maximum atomic E-state index is 13.5. The number of anilines is 2. The Balaban J connectivity index is 1.34. The zero-order chi connectivity index (χ0) is 24.3. The van der Waals surface area contributed by atoms with E-state index in [9.17, 15) is 18.0 Å².